The van der Waals surface area contributed by atoms with E-state index in [1.165, 1.54) is 24.3 Å². The van der Waals surface area contributed by atoms with Gasteiger partial charge in [-0.25, -0.2) is 4.39 Å². The van der Waals surface area contributed by atoms with Crippen LogP contribution < -0.4 is 20.9 Å². The quantitative estimate of drug-likeness (QED) is 0.523. The van der Waals surface area contributed by atoms with Crippen LogP contribution in [-0.2, 0) is 14.4 Å². The van der Waals surface area contributed by atoms with Crippen molar-refractivity contribution in [3.63, 3.8) is 0 Å². The van der Waals surface area contributed by atoms with Crippen LogP contribution in [0, 0.1) is 5.82 Å². The number of halogens is 1. The van der Waals surface area contributed by atoms with Gasteiger partial charge in [0.1, 0.15) is 5.82 Å². The van der Waals surface area contributed by atoms with Gasteiger partial charge >= 0.3 is 0 Å². The molecule has 0 saturated heterocycles. The van der Waals surface area contributed by atoms with Gasteiger partial charge in [0, 0.05) is 11.2 Å². The van der Waals surface area contributed by atoms with Crippen molar-refractivity contribution >= 4 is 23.4 Å². The summed E-state index contributed by atoms with van der Waals surface area (Å²) in [5.41, 5.74) is 0.125. The molecule has 0 saturated carbocycles. The second-order valence-corrected chi connectivity index (χ2v) is 6.94. The number of rotatable bonds is 7. The standard InChI is InChI=1S/C17H25FN4O3/c1-17(2,3)21-16(25)11-22(4)10-15(24)19-9-14(23)20-13-7-5-12(18)6-8-13/h5-8H,9-11H2,1-4H3,(H,19,24)(H,20,23)(H,21,25)/p+1. The summed E-state index contributed by atoms with van der Waals surface area (Å²) in [5, 5.41) is 7.86. The van der Waals surface area contributed by atoms with Crippen molar-refractivity contribution in [2.24, 2.45) is 0 Å². The molecule has 0 aliphatic heterocycles. The number of benzene rings is 1. The van der Waals surface area contributed by atoms with Gasteiger partial charge in [0.25, 0.3) is 11.8 Å². The molecule has 0 aliphatic carbocycles. The number of carbonyl (C=O) groups excluding carboxylic acids is 3. The lowest BCUT2D eigenvalue weighted by Crippen LogP contribution is -3.11. The Labute approximate surface area is 147 Å². The number of hydrogen-bond donors (Lipinski definition) is 4. The number of amides is 3. The monoisotopic (exact) mass is 353 g/mol. The highest BCUT2D eigenvalue weighted by Gasteiger charge is 2.19. The van der Waals surface area contributed by atoms with E-state index >= 15 is 0 Å². The molecule has 0 aromatic heterocycles. The molecule has 1 aromatic rings. The van der Waals surface area contributed by atoms with E-state index in [0.29, 0.717) is 10.6 Å². The van der Waals surface area contributed by atoms with E-state index in [0.717, 1.165) is 0 Å². The van der Waals surface area contributed by atoms with Crippen molar-refractivity contribution < 1.29 is 23.7 Å². The van der Waals surface area contributed by atoms with Gasteiger partial charge in [-0.3, -0.25) is 14.4 Å². The first-order valence-electron chi connectivity index (χ1n) is 7.99. The Morgan fingerprint density at radius 2 is 1.56 bits per heavy atom. The third kappa shape index (κ3) is 9.41. The number of nitrogens with one attached hydrogen (secondary N) is 4. The highest BCUT2D eigenvalue weighted by molar-refractivity contribution is 5.94. The first-order chi connectivity index (χ1) is 11.5. The third-order valence-electron chi connectivity index (χ3n) is 3.01. The van der Waals surface area contributed by atoms with E-state index < -0.39 is 11.7 Å². The lowest BCUT2D eigenvalue weighted by Gasteiger charge is -2.21. The molecule has 25 heavy (non-hydrogen) atoms. The van der Waals surface area contributed by atoms with Crippen molar-refractivity contribution in [2.75, 3.05) is 32.0 Å². The zero-order valence-electron chi connectivity index (χ0n) is 15.0. The Hall–Kier alpha value is -2.48. The molecule has 0 aliphatic rings. The minimum atomic E-state index is -0.414. The second kappa shape index (κ2) is 9.12. The van der Waals surface area contributed by atoms with E-state index in [9.17, 15) is 18.8 Å². The van der Waals surface area contributed by atoms with Gasteiger partial charge in [-0.15, -0.1) is 0 Å². The van der Waals surface area contributed by atoms with E-state index in [-0.39, 0.29) is 37.0 Å². The summed E-state index contributed by atoms with van der Waals surface area (Å²) in [6.45, 7) is 5.68. The van der Waals surface area contributed by atoms with Gasteiger partial charge in [0.15, 0.2) is 13.1 Å². The lowest BCUT2D eigenvalue weighted by atomic mass is 10.1. The van der Waals surface area contributed by atoms with Crippen LogP contribution in [-0.4, -0.2) is 49.9 Å². The summed E-state index contributed by atoms with van der Waals surface area (Å²) < 4.78 is 12.8. The van der Waals surface area contributed by atoms with Crippen LogP contribution in [0.4, 0.5) is 10.1 Å². The molecule has 138 valence electrons. The lowest BCUT2D eigenvalue weighted by molar-refractivity contribution is -0.862. The normalized spacial score (nSPS) is 12.2. The van der Waals surface area contributed by atoms with Gasteiger partial charge in [-0.05, 0) is 45.0 Å². The number of likely N-dealkylation sites (N-methyl/N-ethyl adjacent to an activating group) is 1. The van der Waals surface area contributed by atoms with E-state index in [1.807, 2.05) is 20.8 Å². The maximum Gasteiger partial charge on any atom is 0.275 e. The van der Waals surface area contributed by atoms with Crippen molar-refractivity contribution in [3.05, 3.63) is 30.1 Å². The largest absolute Gasteiger partial charge is 0.347 e. The maximum absolute atomic E-state index is 12.8. The summed E-state index contributed by atoms with van der Waals surface area (Å²) in [5.74, 6) is -1.29. The van der Waals surface area contributed by atoms with Crippen LogP contribution in [0.15, 0.2) is 24.3 Å². The summed E-state index contributed by atoms with van der Waals surface area (Å²) in [6, 6.07) is 5.33. The van der Waals surface area contributed by atoms with Gasteiger partial charge in [-0.2, -0.15) is 0 Å². The molecule has 1 rings (SSSR count). The SMILES string of the molecule is C[NH+](CC(=O)NCC(=O)Nc1ccc(F)cc1)CC(=O)NC(C)(C)C. The molecule has 3 amide bonds. The number of hydrogen-bond acceptors (Lipinski definition) is 3. The van der Waals surface area contributed by atoms with Gasteiger partial charge in [0.05, 0.1) is 13.6 Å². The minimum absolute atomic E-state index is 0.0708. The molecule has 0 heterocycles. The Bertz CT molecular complexity index is 611. The molecule has 4 N–H and O–H groups in total. The highest BCUT2D eigenvalue weighted by atomic mass is 19.1. The molecular weight excluding hydrogens is 327 g/mol. The third-order valence-corrected chi connectivity index (χ3v) is 3.01. The summed E-state index contributed by atoms with van der Waals surface area (Å²) in [4.78, 5) is 36.1. The van der Waals surface area contributed by atoms with E-state index in [1.54, 1.807) is 7.05 Å². The fourth-order valence-corrected chi connectivity index (χ4v) is 2.05. The predicted octanol–water partition coefficient (Wildman–Crippen LogP) is -0.690. The van der Waals surface area contributed by atoms with Crippen LogP contribution in [0.3, 0.4) is 0 Å². The second-order valence-electron chi connectivity index (χ2n) is 6.94. The highest BCUT2D eigenvalue weighted by Crippen LogP contribution is 2.07. The first-order valence-corrected chi connectivity index (χ1v) is 7.99. The molecule has 7 nitrogen and oxygen atoms in total. The van der Waals surface area contributed by atoms with Crippen molar-refractivity contribution in [1.29, 1.82) is 0 Å². The van der Waals surface area contributed by atoms with Gasteiger partial charge in [0.2, 0.25) is 5.91 Å². The van der Waals surface area contributed by atoms with Gasteiger partial charge in [-0.1, -0.05) is 0 Å². The zero-order chi connectivity index (χ0) is 19.0. The van der Waals surface area contributed by atoms with Crippen LogP contribution in [0.2, 0.25) is 0 Å². The molecule has 0 bridgehead atoms. The Morgan fingerprint density at radius 1 is 1.00 bits per heavy atom. The first kappa shape index (κ1) is 20.6. The van der Waals surface area contributed by atoms with Crippen molar-refractivity contribution in [2.45, 2.75) is 26.3 Å². The number of quaternary nitrogens is 1. The fourth-order valence-electron chi connectivity index (χ4n) is 2.05. The van der Waals surface area contributed by atoms with E-state index in [4.69, 9.17) is 0 Å². The number of anilines is 1. The average Bonchev–Trinajstić information content (AvgIpc) is 2.45. The zero-order valence-corrected chi connectivity index (χ0v) is 15.0. The summed E-state index contributed by atoms with van der Waals surface area (Å²) >= 11 is 0. The average molecular weight is 353 g/mol. The Balaban J connectivity index is 2.30. The smallest absolute Gasteiger partial charge is 0.275 e. The Kier molecular flexibility index (Phi) is 7.50. The van der Waals surface area contributed by atoms with Crippen LogP contribution in [0.1, 0.15) is 20.8 Å². The maximum atomic E-state index is 12.8. The molecule has 0 radical (unpaired) electrons. The Morgan fingerprint density at radius 3 is 2.12 bits per heavy atom. The van der Waals surface area contributed by atoms with Crippen LogP contribution in [0.5, 0.6) is 0 Å². The fraction of sp³-hybridized carbons (Fsp3) is 0.471. The molecular formula is C17H26FN4O3+. The van der Waals surface area contributed by atoms with Crippen LogP contribution >= 0.6 is 0 Å². The minimum Gasteiger partial charge on any atom is -0.347 e. The molecule has 8 heteroatoms. The molecule has 1 atom stereocenters. The van der Waals surface area contributed by atoms with Crippen molar-refractivity contribution in [3.8, 4) is 0 Å². The van der Waals surface area contributed by atoms with Crippen molar-refractivity contribution in [1.82, 2.24) is 10.6 Å². The van der Waals surface area contributed by atoms with Crippen LogP contribution in [0.25, 0.3) is 0 Å². The molecule has 1 aromatic carbocycles. The molecule has 0 spiro atoms. The predicted molar refractivity (Wildman–Crippen MR) is 92.6 cm³/mol. The molecule has 0 fully saturated rings. The number of carbonyl (C=O) groups is 3. The van der Waals surface area contributed by atoms with Gasteiger partial charge < -0.3 is 20.9 Å². The summed E-state index contributed by atoms with van der Waals surface area (Å²) in [6.07, 6.45) is 0. The van der Waals surface area contributed by atoms with E-state index in [2.05, 4.69) is 16.0 Å². The molecule has 1 unspecified atom stereocenters. The summed E-state index contributed by atoms with van der Waals surface area (Å²) in [7, 11) is 1.72. The topological polar surface area (TPSA) is 91.7 Å².